The number of ether oxygens (including phenoxy) is 1. The van der Waals surface area contributed by atoms with E-state index in [4.69, 9.17) is 4.74 Å². The Hall–Kier alpha value is -1.02. The van der Waals surface area contributed by atoms with E-state index in [1.54, 1.807) is 0 Å². The molecule has 104 valence electrons. The first-order chi connectivity index (χ1) is 8.98. The molecule has 1 aliphatic heterocycles. The molecule has 19 heavy (non-hydrogen) atoms. The maximum Gasteiger partial charge on any atom is 0.127 e. The van der Waals surface area contributed by atoms with Crippen molar-refractivity contribution >= 4 is 0 Å². The van der Waals surface area contributed by atoms with Gasteiger partial charge in [-0.25, -0.2) is 0 Å². The molecule has 1 heterocycles. The van der Waals surface area contributed by atoms with Gasteiger partial charge in [0, 0.05) is 25.1 Å². The lowest BCUT2D eigenvalue weighted by Gasteiger charge is -2.38. The van der Waals surface area contributed by atoms with Crippen molar-refractivity contribution in [3.63, 3.8) is 0 Å². The summed E-state index contributed by atoms with van der Waals surface area (Å²) in [4.78, 5) is 0. The highest BCUT2D eigenvalue weighted by molar-refractivity contribution is 5.45. The monoisotopic (exact) mass is 259 g/mol. The molecule has 0 bridgehead atoms. The minimum absolute atomic E-state index is 0.0433. The molecule has 0 radical (unpaired) electrons. The summed E-state index contributed by atoms with van der Waals surface area (Å²) in [6.07, 6.45) is 5.16. The van der Waals surface area contributed by atoms with E-state index in [-0.39, 0.29) is 5.60 Å². The molecule has 0 atom stereocenters. The number of para-hydroxylation sites is 1. The van der Waals surface area contributed by atoms with E-state index in [9.17, 15) is 0 Å². The molecule has 3 rings (SSSR count). The van der Waals surface area contributed by atoms with Crippen LogP contribution in [0.15, 0.2) is 18.2 Å². The lowest BCUT2D eigenvalue weighted by Crippen LogP contribution is -2.37. The second kappa shape index (κ2) is 4.52. The molecule has 1 aromatic carbocycles. The lowest BCUT2D eigenvalue weighted by atomic mass is 9.70. The number of fused-ring (bicyclic) bond motifs is 1. The number of hydrogen-bond donors (Lipinski definition) is 1. The number of benzene rings is 1. The van der Waals surface area contributed by atoms with Gasteiger partial charge in [-0.2, -0.15) is 0 Å². The minimum atomic E-state index is -0.0433. The highest BCUT2D eigenvalue weighted by atomic mass is 16.5. The molecule has 0 saturated heterocycles. The molecule has 2 aliphatic rings. The SMILES string of the molecule is CC1(CNCc2cccc3c2OC(C)(C)C3)CCC1. The largest absolute Gasteiger partial charge is 0.487 e. The zero-order chi connectivity index (χ0) is 13.5. The van der Waals surface area contributed by atoms with Crippen molar-refractivity contribution < 1.29 is 4.74 Å². The van der Waals surface area contributed by atoms with Gasteiger partial charge in [0.1, 0.15) is 11.4 Å². The zero-order valence-corrected chi connectivity index (χ0v) is 12.4. The van der Waals surface area contributed by atoms with Crippen LogP contribution in [0, 0.1) is 5.41 Å². The van der Waals surface area contributed by atoms with Gasteiger partial charge >= 0.3 is 0 Å². The summed E-state index contributed by atoms with van der Waals surface area (Å²) >= 11 is 0. The van der Waals surface area contributed by atoms with Crippen LogP contribution in [0.3, 0.4) is 0 Å². The van der Waals surface area contributed by atoms with E-state index in [0.717, 1.165) is 25.3 Å². The van der Waals surface area contributed by atoms with Crippen LogP contribution in [0.1, 0.15) is 51.2 Å². The third-order valence-electron chi connectivity index (χ3n) is 4.60. The Morgan fingerprint density at radius 3 is 2.68 bits per heavy atom. The summed E-state index contributed by atoms with van der Waals surface area (Å²) in [5.41, 5.74) is 3.17. The number of nitrogens with one attached hydrogen (secondary N) is 1. The summed E-state index contributed by atoms with van der Waals surface area (Å²) in [5.74, 6) is 1.12. The van der Waals surface area contributed by atoms with Gasteiger partial charge in [0.2, 0.25) is 0 Å². The van der Waals surface area contributed by atoms with Crippen molar-refractivity contribution in [1.29, 1.82) is 0 Å². The Balaban J connectivity index is 1.65. The second-order valence-corrected chi connectivity index (χ2v) is 7.21. The molecule has 0 aromatic heterocycles. The molecular formula is C17H25NO. The average Bonchev–Trinajstić information content (AvgIpc) is 2.62. The smallest absolute Gasteiger partial charge is 0.127 e. The van der Waals surface area contributed by atoms with E-state index in [0.29, 0.717) is 5.41 Å². The van der Waals surface area contributed by atoms with E-state index < -0.39 is 0 Å². The van der Waals surface area contributed by atoms with Crippen molar-refractivity contribution in [3.05, 3.63) is 29.3 Å². The van der Waals surface area contributed by atoms with Gasteiger partial charge in [-0.3, -0.25) is 0 Å². The summed E-state index contributed by atoms with van der Waals surface area (Å²) in [7, 11) is 0. The van der Waals surface area contributed by atoms with Crippen molar-refractivity contribution in [2.45, 2.75) is 58.6 Å². The lowest BCUT2D eigenvalue weighted by molar-refractivity contribution is 0.136. The number of hydrogen-bond acceptors (Lipinski definition) is 2. The normalized spacial score (nSPS) is 22.5. The topological polar surface area (TPSA) is 21.3 Å². The molecule has 0 spiro atoms. The number of rotatable bonds is 4. The molecule has 2 heteroatoms. The molecule has 0 amide bonds. The third kappa shape index (κ3) is 2.64. The van der Waals surface area contributed by atoms with Crippen LogP contribution in [-0.4, -0.2) is 12.1 Å². The first-order valence-corrected chi connectivity index (χ1v) is 7.48. The van der Waals surface area contributed by atoms with Crippen molar-refractivity contribution in [2.75, 3.05) is 6.54 Å². The fraction of sp³-hybridized carbons (Fsp3) is 0.647. The van der Waals surface area contributed by atoms with Gasteiger partial charge in [-0.15, -0.1) is 0 Å². The fourth-order valence-electron chi connectivity index (χ4n) is 3.27. The van der Waals surface area contributed by atoms with Crippen LogP contribution < -0.4 is 10.1 Å². The molecule has 1 N–H and O–H groups in total. The predicted molar refractivity (Wildman–Crippen MR) is 78.5 cm³/mol. The van der Waals surface area contributed by atoms with Gasteiger partial charge < -0.3 is 10.1 Å². The summed E-state index contributed by atoms with van der Waals surface area (Å²) in [6.45, 7) is 8.77. The predicted octanol–water partition coefficient (Wildman–Crippen LogP) is 3.68. The maximum absolute atomic E-state index is 6.11. The van der Waals surface area contributed by atoms with Crippen molar-refractivity contribution in [1.82, 2.24) is 5.32 Å². The Morgan fingerprint density at radius 2 is 2.00 bits per heavy atom. The third-order valence-corrected chi connectivity index (χ3v) is 4.60. The van der Waals surface area contributed by atoms with Gasteiger partial charge in [0.15, 0.2) is 0 Å². The van der Waals surface area contributed by atoms with Crippen LogP contribution in [-0.2, 0) is 13.0 Å². The van der Waals surface area contributed by atoms with Crippen molar-refractivity contribution in [2.24, 2.45) is 5.41 Å². The van der Waals surface area contributed by atoms with Crippen LogP contribution in [0.25, 0.3) is 0 Å². The standard InChI is InChI=1S/C17H25NO/c1-16(2)10-13-6-4-7-14(15(13)19-16)11-18-12-17(3)8-5-9-17/h4,6-7,18H,5,8-12H2,1-3H3. The van der Waals surface area contributed by atoms with Gasteiger partial charge in [-0.05, 0) is 37.7 Å². The molecule has 1 aliphatic carbocycles. The Bertz CT molecular complexity index is 474. The molecule has 1 aromatic rings. The Morgan fingerprint density at radius 1 is 1.21 bits per heavy atom. The van der Waals surface area contributed by atoms with Gasteiger partial charge in [-0.1, -0.05) is 31.5 Å². The second-order valence-electron chi connectivity index (χ2n) is 7.21. The van der Waals surface area contributed by atoms with Gasteiger partial charge in [0.25, 0.3) is 0 Å². The van der Waals surface area contributed by atoms with E-state index >= 15 is 0 Å². The first-order valence-electron chi connectivity index (χ1n) is 7.48. The highest BCUT2D eigenvalue weighted by Crippen LogP contribution is 2.40. The average molecular weight is 259 g/mol. The highest BCUT2D eigenvalue weighted by Gasteiger charge is 2.33. The minimum Gasteiger partial charge on any atom is -0.487 e. The van der Waals surface area contributed by atoms with Gasteiger partial charge in [0.05, 0.1) is 0 Å². The first kappa shape index (κ1) is 13.0. The Kier molecular flexibility index (Phi) is 3.09. The van der Waals surface area contributed by atoms with Crippen LogP contribution in [0.2, 0.25) is 0 Å². The molecule has 1 saturated carbocycles. The summed E-state index contributed by atoms with van der Waals surface area (Å²) < 4.78 is 6.11. The quantitative estimate of drug-likeness (QED) is 0.890. The van der Waals surface area contributed by atoms with Crippen LogP contribution in [0.4, 0.5) is 0 Å². The fourth-order valence-corrected chi connectivity index (χ4v) is 3.27. The molecule has 0 unspecified atom stereocenters. The molecule has 2 nitrogen and oxygen atoms in total. The van der Waals surface area contributed by atoms with Crippen LogP contribution in [0.5, 0.6) is 5.75 Å². The molecule has 1 fully saturated rings. The molecular weight excluding hydrogens is 234 g/mol. The van der Waals surface area contributed by atoms with Crippen LogP contribution >= 0.6 is 0 Å². The van der Waals surface area contributed by atoms with E-state index in [2.05, 4.69) is 44.3 Å². The summed E-state index contributed by atoms with van der Waals surface area (Å²) in [5, 5.41) is 3.62. The van der Waals surface area contributed by atoms with E-state index in [1.165, 1.54) is 30.4 Å². The zero-order valence-electron chi connectivity index (χ0n) is 12.4. The summed E-state index contributed by atoms with van der Waals surface area (Å²) in [6, 6.07) is 6.54. The Labute approximate surface area is 116 Å². The van der Waals surface area contributed by atoms with E-state index in [1.807, 2.05) is 0 Å². The maximum atomic E-state index is 6.11. The van der Waals surface area contributed by atoms with Crippen molar-refractivity contribution in [3.8, 4) is 5.75 Å².